The third-order valence-electron chi connectivity index (χ3n) is 3.93. The van der Waals surface area contributed by atoms with Gasteiger partial charge in [0.2, 0.25) is 5.91 Å². The van der Waals surface area contributed by atoms with Gasteiger partial charge in [-0.15, -0.1) is 0 Å². The number of likely N-dealkylation sites (N-methyl/N-ethyl adjacent to an activating group) is 1. The van der Waals surface area contributed by atoms with Crippen LogP contribution in [0.1, 0.15) is 11.1 Å². The summed E-state index contributed by atoms with van der Waals surface area (Å²) in [6.45, 7) is 4.95. The molecule has 0 fully saturated rings. The molecule has 1 amide bonds. The lowest BCUT2D eigenvalue weighted by atomic mass is 10.1. The van der Waals surface area contributed by atoms with E-state index in [9.17, 15) is 4.79 Å². The molecule has 0 heterocycles. The summed E-state index contributed by atoms with van der Waals surface area (Å²) in [5.74, 6) is -0.0888. The number of rotatable bonds is 7. The zero-order valence-electron chi connectivity index (χ0n) is 14.5. The molecule has 5 heteroatoms. The van der Waals surface area contributed by atoms with E-state index < -0.39 is 0 Å². The third kappa shape index (κ3) is 4.73. The van der Waals surface area contributed by atoms with E-state index in [1.165, 1.54) is 0 Å². The van der Waals surface area contributed by atoms with Crippen molar-refractivity contribution in [2.45, 2.75) is 13.8 Å². The van der Waals surface area contributed by atoms with E-state index in [0.717, 1.165) is 28.2 Å². The Kier molecular flexibility index (Phi) is 6.21. The monoisotopic (exact) mass is 327 g/mol. The number of nitrogens with one attached hydrogen (secondary N) is 2. The predicted molar refractivity (Wildman–Crippen MR) is 99.8 cm³/mol. The maximum atomic E-state index is 12.1. The summed E-state index contributed by atoms with van der Waals surface area (Å²) in [4.78, 5) is 14.1. The third-order valence-corrected chi connectivity index (χ3v) is 3.93. The number of benzene rings is 2. The van der Waals surface area contributed by atoms with Crippen LogP contribution in [0.2, 0.25) is 0 Å². The van der Waals surface area contributed by atoms with Crippen molar-refractivity contribution in [2.75, 3.05) is 42.3 Å². The van der Waals surface area contributed by atoms with Crippen LogP contribution in [0.25, 0.3) is 0 Å². The van der Waals surface area contributed by atoms with E-state index in [0.29, 0.717) is 6.54 Å². The molecule has 0 saturated carbocycles. The van der Waals surface area contributed by atoms with Crippen molar-refractivity contribution in [3.05, 3.63) is 53.6 Å². The summed E-state index contributed by atoms with van der Waals surface area (Å²) < 4.78 is 0. The van der Waals surface area contributed by atoms with E-state index in [-0.39, 0.29) is 19.1 Å². The number of carbonyl (C=O) groups is 1. The average Bonchev–Trinajstić information content (AvgIpc) is 2.55. The molecule has 2 aromatic carbocycles. The van der Waals surface area contributed by atoms with Crippen LogP contribution in [0.15, 0.2) is 42.5 Å². The van der Waals surface area contributed by atoms with Gasteiger partial charge < -0.3 is 20.6 Å². The average molecular weight is 327 g/mol. The first-order valence-corrected chi connectivity index (χ1v) is 8.03. The minimum absolute atomic E-state index is 0.0888. The lowest BCUT2D eigenvalue weighted by Crippen LogP contribution is -2.23. The fourth-order valence-electron chi connectivity index (χ4n) is 2.55. The first kappa shape index (κ1) is 17.8. The molecule has 0 spiro atoms. The van der Waals surface area contributed by atoms with Crippen molar-refractivity contribution in [2.24, 2.45) is 0 Å². The second-order valence-corrected chi connectivity index (χ2v) is 5.86. The zero-order valence-corrected chi connectivity index (χ0v) is 14.5. The smallest absolute Gasteiger partial charge is 0.243 e. The molecular weight excluding hydrogens is 302 g/mol. The molecular formula is C19H25N3O2. The van der Waals surface area contributed by atoms with Crippen LogP contribution in [0.3, 0.4) is 0 Å². The number of carbonyl (C=O) groups excluding carboxylic acids is 1. The first-order valence-electron chi connectivity index (χ1n) is 8.03. The Hall–Kier alpha value is -2.53. The maximum absolute atomic E-state index is 12.1. The van der Waals surface area contributed by atoms with E-state index in [1.54, 1.807) is 0 Å². The number of hydrogen-bond donors (Lipinski definition) is 3. The van der Waals surface area contributed by atoms with Gasteiger partial charge in [-0.2, -0.15) is 0 Å². The fourth-order valence-corrected chi connectivity index (χ4v) is 2.55. The number of anilines is 3. The molecule has 0 aliphatic rings. The van der Waals surface area contributed by atoms with E-state index in [1.807, 2.05) is 68.3 Å². The molecule has 0 radical (unpaired) electrons. The van der Waals surface area contributed by atoms with Crippen molar-refractivity contribution in [3.63, 3.8) is 0 Å². The molecule has 0 unspecified atom stereocenters. The highest BCUT2D eigenvalue weighted by molar-refractivity contribution is 5.94. The summed E-state index contributed by atoms with van der Waals surface area (Å²) >= 11 is 0. The van der Waals surface area contributed by atoms with Gasteiger partial charge in [0.15, 0.2) is 0 Å². The zero-order chi connectivity index (χ0) is 17.5. The van der Waals surface area contributed by atoms with E-state index in [4.69, 9.17) is 5.11 Å². The van der Waals surface area contributed by atoms with Crippen LogP contribution < -0.4 is 15.5 Å². The summed E-state index contributed by atoms with van der Waals surface area (Å²) in [6.07, 6.45) is 0. The van der Waals surface area contributed by atoms with Crippen LogP contribution in [-0.4, -0.2) is 37.8 Å². The lowest BCUT2D eigenvalue weighted by molar-refractivity contribution is -0.114. The minimum atomic E-state index is -0.0888. The molecule has 0 aliphatic heterocycles. The Morgan fingerprint density at radius 1 is 1.08 bits per heavy atom. The number of aryl methyl sites for hydroxylation is 2. The van der Waals surface area contributed by atoms with E-state index >= 15 is 0 Å². The number of aliphatic hydroxyl groups excluding tert-OH is 1. The van der Waals surface area contributed by atoms with Crippen molar-refractivity contribution >= 4 is 23.0 Å². The molecule has 2 rings (SSSR count). The molecule has 0 bridgehead atoms. The standard InChI is InChI=1S/C19H25N3O2/c1-14-5-4-6-15(2)19(14)20-13-18(24)21-16-7-9-17(10-8-16)22(3)11-12-23/h4-10,20,23H,11-13H2,1-3H3,(H,21,24). The molecule has 24 heavy (non-hydrogen) atoms. The van der Waals surface area contributed by atoms with Gasteiger partial charge in [-0.3, -0.25) is 4.79 Å². The number of amides is 1. The fraction of sp³-hybridized carbons (Fsp3) is 0.316. The molecule has 5 nitrogen and oxygen atoms in total. The molecule has 128 valence electrons. The second-order valence-electron chi connectivity index (χ2n) is 5.86. The highest BCUT2D eigenvalue weighted by Crippen LogP contribution is 2.19. The SMILES string of the molecule is Cc1cccc(C)c1NCC(=O)Nc1ccc(N(C)CCO)cc1. The summed E-state index contributed by atoms with van der Waals surface area (Å²) in [6, 6.07) is 13.6. The van der Waals surface area contributed by atoms with Crippen LogP contribution in [0, 0.1) is 13.8 Å². The number of aliphatic hydroxyl groups is 1. The topological polar surface area (TPSA) is 64.6 Å². The van der Waals surface area contributed by atoms with Gasteiger partial charge in [0.05, 0.1) is 13.2 Å². The molecule has 0 aliphatic carbocycles. The maximum Gasteiger partial charge on any atom is 0.243 e. The Balaban J connectivity index is 1.90. The quantitative estimate of drug-likeness (QED) is 0.732. The van der Waals surface area contributed by atoms with Crippen LogP contribution in [-0.2, 0) is 4.79 Å². The van der Waals surface area contributed by atoms with Crippen LogP contribution in [0.5, 0.6) is 0 Å². The predicted octanol–water partition coefficient (Wildman–Crippen LogP) is 2.78. The van der Waals surface area contributed by atoms with Crippen molar-refractivity contribution in [1.82, 2.24) is 0 Å². The van der Waals surface area contributed by atoms with Crippen molar-refractivity contribution in [3.8, 4) is 0 Å². The molecule has 3 N–H and O–H groups in total. The van der Waals surface area contributed by atoms with Crippen LogP contribution >= 0.6 is 0 Å². The number of para-hydroxylation sites is 1. The normalized spacial score (nSPS) is 10.3. The highest BCUT2D eigenvalue weighted by Gasteiger charge is 2.06. The second kappa shape index (κ2) is 8.36. The Labute approximate surface area is 143 Å². The molecule has 0 aromatic heterocycles. The van der Waals surface area contributed by atoms with Gasteiger partial charge in [0, 0.05) is 30.7 Å². The van der Waals surface area contributed by atoms with Gasteiger partial charge in [-0.05, 0) is 49.2 Å². The number of nitrogens with zero attached hydrogens (tertiary/aromatic N) is 1. The first-order chi connectivity index (χ1) is 11.5. The largest absolute Gasteiger partial charge is 0.395 e. The van der Waals surface area contributed by atoms with Gasteiger partial charge in [-0.25, -0.2) is 0 Å². The van der Waals surface area contributed by atoms with Gasteiger partial charge in [-0.1, -0.05) is 18.2 Å². The molecule has 2 aromatic rings. The molecule has 0 atom stereocenters. The van der Waals surface area contributed by atoms with Crippen molar-refractivity contribution < 1.29 is 9.90 Å². The molecule has 0 saturated heterocycles. The van der Waals surface area contributed by atoms with Crippen molar-refractivity contribution in [1.29, 1.82) is 0 Å². The van der Waals surface area contributed by atoms with Gasteiger partial charge in [0.25, 0.3) is 0 Å². The van der Waals surface area contributed by atoms with Gasteiger partial charge in [0.1, 0.15) is 0 Å². The summed E-state index contributed by atoms with van der Waals surface area (Å²) in [5.41, 5.74) is 5.01. The Bertz CT molecular complexity index is 663. The number of hydrogen-bond acceptors (Lipinski definition) is 4. The lowest BCUT2D eigenvalue weighted by Gasteiger charge is -2.18. The minimum Gasteiger partial charge on any atom is -0.395 e. The van der Waals surface area contributed by atoms with E-state index in [2.05, 4.69) is 10.6 Å². The highest BCUT2D eigenvalue weighted by atomic mass is 16.3. The Morgan fingerprint density at radius 2 is 1.71 bits per heavy atom. The van der Waals surface area contributed by atoms with Gasteiger partial charge >= 0.3 is 0 Å². The Morgan fingerprint density at radius 3 is 2.29 bits per heavy atom. The van der Waals surface area contributed by atoms with Crippen LogP contribution in [0.4, 0.5) is 17.1 Å². The summed E-state index contributed by atoms with van der Waals surface area (Å²) in [7, 11) is 1.91. The summed E-state index contributed by atoms with van der Waals surface area (Å²) in [5, 5.41) is 15.0.